The Balaban J connectivity index is 1.42. The lowest BCUT2D eigenvalue weighted by Gasteiger charge is -2.28. The Morgan fingerprint density at radius 1 is 1.15 bits per heavy atom. The maximum absolute atomic E-state index is 15.0. The third-order valence-electron chi connectivity index (χ3n) is 7.28. The summed E-state index contributed by atoms with van der Waals surface area (Å²) in [5, 5.41) is 7.81. The summed E-state index contributed by atoms with van der Waals surface area (Å²) in [6.07, 6.45) is 2.76. The zero-order chi connectivity index (χ0) is 27.4. The lowest BCUT2D eigenvalue weighted by Crippen LogP contribution is -2.44. The number of nitrogens with zero attached hydrogens (tertiary/aromatic N) is 1. The number of morpholine rings is 1. The number of amides is 1. The molecule has 8 heteroatoms. The monoisotopic (exact) mass is 546 g/mol. The molecule has 39 heavy (non-hydrogen) atoms. The molecule has 1 amide bonds. The largest absolute Gasteiger partial charge is 0.375 e. The number of benzene rings is 3. The van der Waals surface area contributed by atoms with Crippen LogP contribution in [0.5, 0.6) is 0 Å². The summed E-state index contributed by atoms with van der Waals surface area (Å²) >= 11 is 6.16. The number of carbonyl (C=O) groups is 1. The Kier molecular flexibility index (Phi) is 8.53. The number of pyridine rings is 1. The summed E-state index contributed by atoms with van der Waals surface area (Å²) in [4.78, 5) is 18.1. The average Bonchev–Trinajstić information content (AvgIpc) is 2.95. The first kappa shape index (κ1) is 27.2. The van der Waals surface area contributed by atoms with Crippen LogP contribution in [-0.4, -0.2) is 42.2 Å². The number of nitrogens with two attached hydrogens (primary N) is 1. The second kappa shape index (κ2) is 12.2. The van der Waals surface area contributed by atoms with E-state index in [4.69, 9.17) is 22.1 Å². The fourth-order valence-corrected chi connectivity index (χ4v) is 5.28. The molecular weight excluding hydrogens is 515 g/mol. The van der Waals surface area contributed by atoms with E-state index in [1.165, 1.54) is 6.07 Å². The Bertz CT molecular complexity index is 1440. The molecule has 0 saturated carbocycles. The van der Waals surface area contributed by atoms with E-state index in [9.17, 15) is 9.18 Å². The van der Waals surface area contributed by atoms with Crippen molar-refractivity contribution in [2.45, 2.75) is 43.9 Å². The van der Waals surface area contributed by atoms with Crippen molar-refractivity contribution in [3.63, 3.8) is 0 Å². The molecule has 1 aliphatic heterocycles. The van der Waals surface area contributed by atoms with E-state index in [1.54, 1.807) is 30.5 Å². The lowest BCUT2D eigenvalue weighted by molar-refractivity contribution is -0.117. The van der Waals surface area contributed by atoms with Gasteiger partial charge in [0.15, 0.2) is 0 Å². The Morgan fingerprint density at radius 2 is 1.95 bits per heavy atom. The van der Waals surface area contributed by atoms with Crippen LogP contribution >= 0.6 is 11.6 Å². The fourth-order valence-electron chi connectivity index (χ4n) is 5.16. The van der Waals surface area contributed by atoms with Crippen molar-refractivity contribution < 1.29 is 13.9 Å². The van der Waals surface area contributed by atoms with Crippen molar-refractivity contribution in [3.8, 4) is 0 Å². The minimum absolute atomic E-state index is 0.0131. The minimum Gasteiger partial charge on any atom is -0.375 e. The van der Waals surface area contributed by atoms with E-state index >= 15 is 0 Å². The Labute approximate surface area is 232 Å². The molecule has 4 atom stereocenters. The normalized spacial score (nSPS) is 19.0. The molecule has 0 spiro atoms. The molecule has 6 nitrogen and oxygen atoms in total. The van der Waals surface area contributed by atoms with Gasteiger partial charge in [0.25, 0.3) is 0 Å². The van der Waals surface area contributed by atoms with Crippen LogP contribution < -0.4 is 16.4 Å². The van der Waals surface area contributed by atoms with Crippen LogP contribution in [0.15, 0.2) is 79.0 Å². The summed E-state index contributed by atoms with van der Waals surface area (Å²) < 4.78 is 20.8. The minimum atomic E-state index is -0.972. The van der Waals surface area contributed by atoms with E-state index < -0.39 is 17.9 Å². The van der Waals surface area contributed by atoms with Crippen molar-refractivity contribution in [2.75, 3.05) is 18.5 Å². The molecule has 4 N–H and O–H groups in total. The van der Waals surface area contributed by atoms with Gasteiger partial charge >= 0.3 is 0 Å². The second-order valence-corrected chi connectivity index (χ2v) is 10.5. The van der Waals surface area contributed by atoms with Crippen molar-refractivity contribution in [1.29, 1.82) is 0 Å². The molecule has 2 heterocycles. The number of halogens is 2. The predicted octanol–water partition coefficient (Wildman–Crippen LogP) is 5.43. The lowest BCUT2D eigenvalue weighted by atomic mass is 9.83. The number of ether oxygens (including phenoxy) is 1. The first-order valence-electron chi connectivity index (χ1n) is 13.2. The molecule has 4 aromatic rings. The van der Waals surface area contributed by atoms with Gasteiger partial charge in [-0.2, -0.15) is 0 Å². The molecule has 1 saturated heterocycles. The van der Waals surface area contributed by atoms with Gasteiger partial charge in [0.2, 0.25) is 5.91 Å². The Morgan fingerprint density at radius 3 is 2.72 bits per heavy atom. The highest BCUT2D eigenvalue weighted by atomic mass is 35.5. The van der Waals surface area contributed by atoms with Gasteiger partial charge < -0.3 is 21.1 Å². The second-order valence-electron chi connectivity index (χ2n) is 10.0. The molecule has 0 unspecified atom stereocenters. The fraction of sp³-hybridized carbons (Fsp3) is 0.290. The maximum atomic E-state index is 15.0. The van der Waals surface area contributed by atoms with Gasteiger partial charge in [0.05, 0.1) is 24.3 Å². The summed E-state index contributed by atoms with van der Waals surface area (Å²) in [6.45, 7) is 3.40. The van der Waals surface area contributed by atoms with Gasteiger partial charge in [0.1, 0.15) is 5.82 Å². The van der Waals surface area contributed by atoms with Gasteiger partial charge in [-0.1, -0.05) is 48.0 Å². The first-order valence-corrected chi connectivity index (χ1v) is 13.6. The highest BCUT2D eigenvalue weighted by Gasteiger charge is 2.30. The molecule has 1 fully saturated rings. The molecular formula is C31H32ClFN4O2. The van der Waals surface area contributed by atoms with Crippen molar-refractivity contribution >= 4 is 34.1 Å². The first-order chi connectivity index (χ1) is 18.9. The molecule has 202 valence electrons. The smallest absolute Gasteiger partial charge is 0.242 e. The summed E-state index contributed by atoms with van der Waals surface area (Å²) in [7, 11) is 0. The summed E-state index contributed by atoms with van der Waals surface area (Å²) in [5.74, 6) is -1.27. The van der Waals surface area contributed by atoms with E-state index in [0.717, 1.165) is 22.0 Å². The van der Waals surface area contributed by atoms with Crippen molar-refractivity contribution in [3.05, 3.63) is 107 Å². The highest BCUT2D eigenvalue weighted by Crippen LogP contribution is 2.33. The third kappa shape index (κ3) is 6.28. The van der Waals surface area contributed by atoms with Crippen LogP contribution in [0.2, 0.25) is 5.02 Å². The van der Waals surface area contributed by atoms with E-state index in [1.807, 2.05) is 42.5 Å². The van der Waals surface area contributed by atoms with Crippen LogP contribution in [0.1, 0.15) is 36.0 Å². The van der Waals surface area contributed by atoms with Gasteiger partial charge in [-0.15, -0.1) is 0 Å². The van der Waals surface area contributed by atoms with Crippen LogP contribution in [0.25, 0.3) is 10.9 Å². The zero-order valence-electron chi connectivity index (χ0n) is 21.7. The van der Waals surface area contributed by atoms with Crippen molar-refractivity contribution in [2.24, 2.45) is 5.73 Å². The number of aromatic nitrogens is 1. The third-order valence-corrected chi connectivity index (χ3v) is 7.53. The topological polar surface area (TPSA) is 89.3 Å². The number of hydrogen-bond donors (Lipinski definition) is 3. The quantitative estimate of drug-likeness (QED) is 0.274. The number of rotatable bonds is 8. The number of anilines is 1. The van der Waals surface area contributed by atoms with E-state index in [-0.39, 0.29) is 11.9 Å². The average molecular weight is 547 g/mol. The number of para-hydroxylation sites is 1. The number of carbonyl (C=O) groups excluding carboxylic acids is 1. The molecule has 1 aromatic heterocycles. The summed E-state index contributed by atoms with van der Waals surface area (Å²) in [5.41, 5.74) is 10.1. The molecule has 0 radical (unpaired) electrons. The molecule has 5 rings (SSSR count). The van der Waals surface area contributed by atoms with Crippen LogP contribution in [0, 0.1) is 5.82 Å². The van der Waals surface area contributed by atoms with Crippen LogP contribution in [-0.2, 0) is 16.0 Å². The Hall–Kier alpha value is -3.36. The standard InChI is InChI=1S/C31H32ClFN4O2/c1-19-18-39-22(17-36-19)13-14-25-26(33)6-4-8-28(25)37-31(38)30(34)29(20-9-11-21(32)12-10-20)24-15-16-35-27-7-3-2-5-23(24)27/h2-12,15-16,19,22,29-30,36H,13-14,17-18,34H2,1H3,(H,37,38)/t19-,22+,29-,30-/m0/s1. The molecule has 0 aliphatic carbocycles. The van der Waals surface area contributed by atoms with Gasteiger partial charge in [0, 0.05) is 46.4 Å². The maximum Gasteiger partial charge on any atom is 0.242 e. The molecule has 3 aromatic carbocycles. The number of fused-ring (bicyclic) bond motifs is 1. The number of nitrogens with one attached hydrogen (secondary N) is 2. The highest BCUT2D eigenvalue weighted by molar-refractivity contribution is 6.30. The van der Waals surface area contributed by atoms with Crippen LogP contribution in [0.3, 0.4) is 0 Å². The van der Waals surface area contributed by atoms with E-state index in [0.29, 0.717) is 48.3 Å². The molecule has 1 aliphatic rings. The number of hydrogen-bond acceptors (Lipinski definition) is 5. The van der Waals surface area contributed by atoms with Gasteiger partial charge in [-0.3, -0.25) is 9.78 Å². The SMILES string of the molecule is C[C@H]1CO[C@H](CCc2c(F)cccc2NC(=O)[C@@H](N)[C@@H](c2ccc(Cl)cc2)c2ccnc3ccccc23)CN1. The van der Waals surface area contributed by atoms with E-state index in [2.05, 4.69) is 22.5 Å². The summed E-state index contributed by atoms with van der Waals surface area (Å²) in [6, 6.07) is 21.0. The zero-order valence-corrected chi connectivity index (χ0v) is 22.5. The molecule has 0 bridgehead atoms. The van der Waals surface area contributed by atoms with Crippen molar-refractivity contribution in [1.82, 2.24) is 10.3 Å². The van der Waals surface area contributed by atoms with Gasteiger partial charge in [-0.05, 0) is 67.3 Å². The van der Waals surface area contributed by atoms with Crippen LogP contribution in [0.4, 0.5) is 10.1 Å². The van der Waals surface area contributed by atoms with Gasteiger partial charge in [-0.25, -0.2) is 4.39 Å². The predicted molar refractivity (Wildman–Crippen MR) is 154 cm³/mol.